The highest BCUT2D eigenvalue weighted by atomic mass is 19.4. The van der Waals surface area contributed by atoms with Crippen LogP contribution >= 0.6 is 0 Å². The van der Waals surface area contributed by atoms with Gasteiger partial charge in [-0.2, -0.15) is 13.2 Å². The average Bonchev–Trinajstić information content (AvgIpc) is 2.25. The van der Waals surface area contributed by atoms with Crippen molar-refractivity contribution >= 4 is 0 Å². The van der Waals surface area contributed by atoms with Gasteiger partial charge in [-0.25, -0.2) is 0 Å². The summed E-state index contributed by atoms with van der Waals surface area (Å²) in [6.07, 6.45) is 2.10. The number of rotatable bonds is 6. The lowest BCUT2D eigenvalue weighted by molar-refractivity contribution is -0.136. The Morgan fingerprint density at radius 3 is 2.35 bits per heavy atom. The summed E-state index contributed by atoms with van der Waals surface area (Å²) in [7, 11) is 1.70. The minimum absolute atomic E-state index is 0.297. The molecule has 1 aliphatic carbocycles. The monoisotopic (exact) mass is 252 g/mol. The Kier molecular flexibility index (Phi) is 6.31. The van der Waals surface area contributed by atoms with E-state index >= 15 is 0 Å². The van der Waals surface area contributed by atoms with Gasteiger partial charge in [-0.15, -0.1) is 0 Å². The molecular formula is C13H23F3O. The molecule has 102 valence electrons. The van der Waals surface area contributed by atoms with E-state index in [0.717, 1.165) is 32.3 Å². The van der Waals surface area contributed by atoms with Gasteiger partial charge in [0.15, 0.2) is 0 Å². The molecule has 4 heteroatoms. The second-order valence-electron chi connectivity index (χ2n) is 5.19. The summed E-state index contributed by atoms with van der Waals surface area (Å²) in [4.78, 5) is 0. The van der Waals surface area contributed by atoms with Gasteiger partial charge >= 0.3 is 6.18 Å². The second-order valence-corrected chi connectivity index (χ2v) is 5.19. The Balaban J connectivity index is 2.16. The molecule has 0 spiro atoms. The van der Waals surface area contributed by atoms with Crippen molar-refractivity contribution < 1.29 is 17.9 Å². The highest BCUT2D eigenvalue weighted by Gasteiger charge is 2.28. The maximum Gasteiger partial charge on any atom is 0.389 e. The minimum Gasteiger partial charge on any atom is -0.385 e. The number of ether oxygens (including phenoxy) is 1. The van der Waals surface area contributed by atoms with E-state index in [0.29, 0.717) is 18.3 Å². The molecule has 0 heterocycles. The Morgan fingerprint density at radius 2 is 1.76 bits per heavy atom. The van der Waals surface area contributed by atoms with E-state index in [4.69, 9.17) is 4.74 Å². The van der Waals surface area contributed by atoms with Gasteiger partial charge in [0.1, 0.15) is 0 Å². The molecule has 1 nitrogen and oxygen atoms in total. The number of alkyl halides is 3. The number of methoxy groups -OCH3 is 1. The first-order valence-corrected chi connectivity index (χ1v) is 6.57. The van der Waals surface area contributed by atoms with Crippen LogP contribution in [-0.4, -0.2) is 19.9 Å². The van der Waals surface area contributed by atoms with Crippen LogP contribution in [-0.2, 0) is 4.74 Å². The van der Waals surface area contributed by atoms with Gasteiger partial charge in [0, 0.05) is 20.1 Å². The van der Waals surface area contributed by atoms with Gasteiger partial charge in [0.25, 0.3) is 0 Å². The maximum absolute atomic E-state index is 12.0. The Labute approximate surface area is 102 Å². The predicted molar refractivity (Wildman–Crippen MR) is 61.8 cm³/mol. The number of halogens is 3. The number of hydrogen-bond donors (Lipinski definition) is 0. The average molecular weight is 252 g/mol. The summed E-state index contributed by atoms with van der Waals surface area (Å²) in [5, 5.41) is 0. The van der Waals surface area contributed by atoms with E-state index in [9.17, 15) is 13.2 Å². The predicted octanol–water partition coefficient (Wildman–Crippen LogP) is 4.56. The van der Waals surface area contributed by atoms with Crippen LogP contribution in [0.2, 0.25) is 0 Å². The van der Waals surface area contributed by atoms with Gasteiger partial charge in [-0.05, 0) is 31.1 Å². The van der Waals surface area contributed by atoms with Crippen molar-refractivity contribution in [1.29, 1.82) is 0 Å². The van der Waals surface area contributed by atoms with Crippen LogP contribution in [0, 0.1) is 11.8 Å². The first-order valence-electron chi connectivity index (χ1n) is 6.57. The van der Waals surface area contributed by atoms with Crippen LogP contribution in [0.4, 0.5) is 13.2 Å². The first kappa shape index (κ1) is 14.8. The summed E-state index contributed by atoms with van der Waals surface area (Å²) in [6, 6.07) is 0. The zero-order chi connectivity index (χ0) is 12.7. The van der Waals surface area contributed by atoms with E-state index in [2.05, 4.69) is 0 Å². The van der Waals surface area contributed by atoms with Gasteiger partial charge in [-0.3, -0.25) is 0 Å². The van der Waals surface area contributed by atoms with Gasteiger partial charge < -0.3 is 4.74 Å². The largest absolute Gasteiger partial charge is 0.389 e. The Morgan fingerprint density at radius 1 is 1.12 bits per heavy atom. The third-order valence-corrected chi connectivity index (χ3v) is 3.69. The molecule has 0 amide bonds. The molecule has 1 aliphatic rings. The normalized spacial score (nSPS) is 26.1. The first-order chi connectivity index (χ1) is 8.01. The van der Waals surface area contributed by atoms with Crippen LogP contribution in [0.1, 0.15) is 51.4 Å². The van der Waals surface area contributed by atoms with E-state index < -0.39 is 12.6 Å². The van der Waals surface area contributed by atoms with Crippen molar-refractivity contribution in [1.82, 2.24) is 0 Å². The van der Waals surface area contributed by atoms with Crippen molar-refractivity contribution in [3.63, 3.8) is 0 Å². The maximum atomic E-state index is 12.0. The summed E-state index contributed by atoms with van der Waals surface area (Å²) < 4.78 is 41.2. The quantitative estimate of drug-likeness (QED) is 0.673. The molecular weight excluding hydrogens is 229 g/mol. The molecule has 0 aromatic carbocycles. The molecule has 0 radical (unpaired) electrons. The summed E-state index contributed by atoms with van der Waals surface area (Å²) in [6.45, 7) is 0.778. The van der Waals surface area contributed by atoms with Gasteiger partial charge in [0.2, 0.25) is 0 Å². The van der Waals surface area contributed by atoms with Crippen molar-refractivity contribution in [3.8, 4) is 0 Å². The highest BCUT2D eigenvalue weighted by Crippen LogP contribution is 2.35. The Bertz CT molecular complexity index is 203. The van der Waals surface area contributed by atoms with Crippen molar-refractivity contribution in [2.45, 2.75) is 57.5 Å². The van der Waals surface area contributed by atoms with Crippen LogP contribution < -0.4 is 0 Å². The van der Waals surface area contributed by atoms with Crippen molar-refractivity contribution in [2.24, 2.45) is 11.8 Å². The molecule has 2 atom stereocenters. The van der Waals surface area contributed by atoms with Crippen LogP contribution in [0.5, 0.6) is 0 Å². The molecule has 0 aliphatic heterocycles. The highest BCUT2D eigenvalue weighted by molar-refractivity contribution is 4.73. The third kappa shape index (κ3) is 6.92. The molecule has 0 aromatic rings. The topological polar surface area (TPSA) is 9.23 Å². The molecule has 1 rings (SSSR count). The molecule has 1 saturated carbocycles. The number of hydrogen-bond acceptors (Lipinski definition) is 1. The zero-order valence-electron chi connectivity index (χ0n) is 10.6. The summed E-state index contributed by atoms with van der Waals surface area (Å²) in [5.74, 6) is 1.17. The minimum atomic E-state index is -3.98. The van der Waals surface area contributed by atoms with Crippen LogP contribution in [0.3, 0.4) is 0 Å². The fraction of sp³-hybridized carbons (Fsp3) is 1.00. The molecule has 2 unspecified atom stereocenters. The molecule has 0 N–H and O–H groups in total. The van der Waals surface area contributed by atoms with E-state index in [1.54, 1.807) is 7.11 Å². The van der Waals surface area contributed by atoms with Crippen molar-refractivity contribution in [2.75, 3.05) is 13.7 Å². The van der Waals surface area contributed by atoms with Crippen LogP contribution in [0.15, 0.2) is 0 Å². The standard InChI is InChI=1S/C13H23F3O/c1-17-9-7-12-5-2-4-11(10-12)6-3-8-13(14,15)16/h11-12H,2-10H2,1H3. The zero-order valence-corrected chi connectivity index (χ0v) is 10.6. The van der Waals surface area contributed by atoms with Gasteiger partial charge in [0.05, 0.1) is 0 Å². The second kappa shape index (κ2) is 7.24. The van der Waals surface area contributed by atoms with E-state index in [1.807, 2.05) is 0 Å². The van der Waals surface area contributed by atoms with Crippen LogP contribution in [0.25, 0.3) is 0 Å². The molecule has 17 heavy (non-hydrogen) atoms. The van der Waals surface area contributed by atoms with E-state index in [1.165, 1.54) is 12.8 Å². The van der Waals surface area contributed by atoms with Gasteiger partial charge in [-0.1, -0.05) is 25.7 Å². The third-order valence-electron chi connectivity index (χ3n) is 3.69. The molecule has 0 bridgehead atoms. The Hall–Kier alpha value is -0.250. The summed E-state index contributed by atoms with van der Waals surface area (Å²) in [5.41, 5.74) is 0. The van der Waals surface area contributed by atoms with Crippen molar-refractivity contribution in [3.05, 3.63) is 0 Å². The lowest BCUT2D eigenvalue weighted by Gasteiger charge is -2.29. The molecule has 0 aromatic heterocycles. The molecule has 1 fully saturated rings. The summed E-state index contributed by atoms with van der Waals surface area (Å²) >= 11 is 0. The lowest BCUT2D eigenvalue weighted by atomic mass is 9.78. The van der Waals surface area contributed by atoms with E-state index in [-0.39, 0.29) is 0 Å². The fourth-order valence-corrected chi connectivity index (χ4v) is 2.80. The lowest BCUT2D eigenvalue weighted by Crippen LogP contribution is -2.17. The smallest absolute Gasteiger partial charge is 0.385 e. The SMILES string of the molecule is COCCC1CCCC(CCCC(F)(F)F)C1. The molecule has 0 saturated heterocycles. The fourth-order valence-electron chi connectivity index (χ4n) is 2.80.